The summed E-state index contributed by atoms with van der Waals surface area (Å²) < 4.78 is 48.6. The average Bonchev–Trinajstić information content (AvgIpc) is 2.77. The van der Waals surface area contributed by atoms with Gasteiger partial charge in [-0.25, -0.2) is 19.9 Å². The lowest BCUT2D eigenvalue weighted by Crippen LogP contribution is -2.70. The van der Waals surface area contributed by atoms with Crippen LogP contribution in [-0.4, -0.2) is 37.3 Å². The van der Waals surface area contributed by atoms with Gasteiger partial charge in [0.15, 0.2) is 5.65 Å². The highest BCUT2D eigenvalue weighted by Crippen LogP contribution is 2.78. The van der Waals surface area contributed by atoms with Gasteiger partial charge >= 0.3 is 6.18 Å². The van der Waals surface area contributed by atoms with Gasteiger partial charge in [-0.2, -0.15) is 13.2 Å². The molecule has 0 aromatic carbocycles. The third-order valence-corrected chi connectivity index (χ3v) is 8.63. The zero-order valence-corrected chi connectivity index (χ0v) is 21.4. The SMILES string of the molecule is Cc1nc2nc(C3CCOC(c4ccc(=O)n(C(C)C)c4)C3)nc(C34CC(C(F)(F)F)(C3)C4)c2nc1C. The molecule has 4 fully saturated rings. The van der Waals surface area contributed by atoms with Crippen molar-refractivity contribution < 1.29 is 17.9 Å². The Balaban J connectivity index is 1.37. The summed E-state index contributed by atoms with van der Waals surface area (Å²) in [4.78, 5) is 31.3. The van der Waals surface area contributed by atoms with E-state index in [1.807, 2.05) is 33.9 Å². The quantitative estimate of drug-likeness (QED) is 0.465. The summed E-state index contributed by atoms with van der Waals surface area (Å²) >= 11 is 0. The van der Waals surface area contributed by atoms with Gasteiger partial charge in [-0.3, -0.25) is 4.79 Å². The highest BCUT2D eigenvalue weighted by molar-refractivity contribution is 5.75. The molecule has 196 valence electrons. The van der Waals surface area contributed by atoms with Crippen LogP contribution in [-0.2, 0) is 10.2 Å². The molecule has 2 atom stereocenters. The number of aromatic nitrogens is 5. The molecule has 0 radical (unpaired) electrons. The molecule has 4 aliphatic rings. The summed E-state index contributed by atoms with van der Waals surface area (Å²) in [6, 6.07) is 3.39. The minimum Gasteiger partial charge on any atom is -0.373 e. The van der Waals surface area contributed by atoms with Gasteiger partial charge in [0.2, 0.25) is 0 Å². The molecule has 1 saturated heterocycles. The normalized spacial score (nSPS) is 29.3. The second-order valence-corrected chi connectivity index (χ2v) is 11.5. The fourth-order valence-electron chi connectivity index (χ4n) is 6.40. The molecule has 3 aromatic heterocycles. The van der Waals surface area contributed by atoms with Crippen molar-refractivity contribution in [2.24, 2.45) is 5.41 Å². The first-order valence-corrected chi connectivity index (χ1v) is 12.9. The minimum atomic E-state index is -4.20. The summed E-state index contributed by atoms with van der Waals surface area (Å²) in [7, 11) is 0. The maximum atomic E-state index is 13.6. The molecule has 4 heterocycles. The van der Waals surface area contributed by atoms with Gasteiger partial charge in [0.25, 0.3) is 5.56 Å². The fourth-order valence-corrected chi connectivity index (χ4v) is 6.40. The van der Waals surface area contributed by atoms with Crippen molar-refractivity contribution in [2.45, 2.75) is 89.5 Å². The number of ether oxygens (including phenoxy) is 1. The van der Waals surface area contributed by atoms with Crippen molar-refractivity contribution in [1.29, 1.82) is 0 Å². The van der Waals surface area contributed by atoms with Crippen LogP contribution in [0.4, 0.5) is 13.2 Å². The Kier molecular flexibility index (Phi) is 5.33. The summed E-state index contributed by atoms with van der Waals surface area (Å²) in [5.74, 6) is 0.546. The van der Waals surface area contributed by atoms with Crippen molar-refractivity contribution in [3.63, 3.8) is 0 Å². The number of aryl methyl sites for hydroxylation is 2. The first-order valence-electron chi connectivity index (χ1n) is 12.9. The molecule has 3 aromatic rings. The molecule has 0 spiro atoms. The molecule has 7 nitrogen and oxygen atoms in total. The monoisotopic (exact) mass is 513 g/mol. The van der Waals surface area contributed by atoms with E-state index < -0.39 is 17.0 Å². The van der Waals surface area contributed by atoms with E-state index in [2.05, 4.69) is 4.98 Å². The summed E-state index contributed by atoms with van der Waals surface area (Å²) in [5.41, 5.74) is 1.72. The molecular formula is C27H30F3N5O2. The standard InChI is InChI=1S/C27H30F3N5O2/c1-14(2)35-10-18(5-6-20(35)36)19-9-17(7-8-37-19)23-33-22(21-24(34-23)32-16(4)15(3)31-21)25-11-26(12-25,13-25)27(28,29)30/h5-6,10,14,17,19H,7-9,11-13H2,1-4H3. The Morgan fingerprint density at radius 3 is 2.43 bits per heavy atom. The minimum absolute atomic E-state index is 0.0246. The highest BCUT2D eigenvalue weighted by atomic mass is 19.4. The number of hydrogen-bond donors (Lipinski definition) is 0. The third kappa shape index (κ3) is 3.70. The number of pyridine rings is 1. The van der Waals surface area contributed by atoms with E-state index in [9.17, 15) is 18.0 Å². The van der Waals surface area contributed by atoms with Crippen LogP contribution in [0.2, 0.25) is 0 Å². The van der Waals surface area contributed by atoms with E-state index in [1.165, 1.54) is 0 Å². The number of halogens is 3. The lowest BCUT2D eigenvalue weighted by Gasteiger charge is -2.70. The maximum Gasteiger partial charge on any atom is 0.394 e. The van der Waals surface area contributed by atoms with Gasteiger partial charge in [0.1, 0.15) is 11.3 Å². The fraction of sp³-hybridized carbons (Fsp3) is 0.593. The van der Waals surface area contributed by atoms with E-state index in [1.54, 1.807) is 16.7 Å². The van der Waals surface area contributed by atoms with Crippen LogP contribution >= 0.6 is 0 Å². The van der Waals surface area contributed by atoms with E-state index in [0.29, 0.717) is 42.1 Å². The number of alkyl halides is 3. The number of hydrogen-bond acceptors (Lipinski definition) is 6. The van der Waals surface area contributed by atoms with E-state index in [-0.39, 0.29) is 42.9 Å². The van der Waals surface area contributed by atoms with E-state index in [4.69, 9.17) is 19.7 Å². The molecule has 0 N–H and O–H groups in total. The number of nitrogens with zero attached hydrogens (tertiary/aromatic N) is 5. The van der Waals surface area contributed by atoms with Crippen LogP contribution in [0, 0.1) is 19.3 Å². The Hall–Kier alpha value is -2.88. The van der Waals surface area contributed by atoms with Crippen molar-refractivity contribution >= 4 is 11.2 Å². The first kappa shape index (κ1) is 24.5. The van der Waals surface area contributed by atoms with Crippen molar-refractivity contribution in [2.75, 3.05) is 6.61 Å². The van der Waals surface area contributed by atoms with Crippen molar-refractivity contribution in [1.82, 2.24) is 24.5 Å². The molecule has 3 saturated carbocycles. The van der Waals surface area contributed by atoms with Crippen molar-refractivity contribution in [3.8, 4) is 0 Å². The van der Waals surface area contributed by atoms with Crippen LogP contribution in [0.5, 0.6) is 0 Å². The Morgan fingerprint density at radius 1 is 1.05 bits per heavy atom. The molecule has 2 bridgehead atoms. The van der Waals surface area contributed by atoms with Crippen molar-refractivity contribution in [3.05, 3.63) is 57.2 Å². The van der Waals surface area contributed by atoms with Crippen LogP contribution in [0.1, 0.15) is 92.5 Å². The van der Waals surface area contributed by atoms with Crippen LogP contribution in [0.25, 0.3) is 11.2 Å². The predicted molar refractivity (Wildman–Crippen MR) is 130 cm³/mol. The lowest BCUT2D eigenvalue weighted by molar-refractivity contribution is -0.337. The predicted octanol–water partition coefficient (Wildman–Crippen LogP) is 5.40. The maximum absolute atomic E-state index is 13.6. The third-order valence-electron chi connectivity index (χ3n) is 8.63. The molecule has 2 unspecified atom stereocenters. The van der Waals surface area contributed by atoms with Gasteiger partial charge in [-0.15, -0.1) is 0 Å². The van der Waals surface area contributed by atoms with Gasteiger partial charge < -0.3 is 9.30 Å². The topological polar surface area (TPSA) is 82.8 Å². The molecule has 10 heteroatoms. The average molecular weight is 514 g/mol. The van der Waals surface area contributed by atoms with Gasteiger partial charge in [-0.1, -0.05) is 0 Å². The first-order chi connectivity index (χ1) is 17.4. The Bertz CT molecular complexity index is 1450. The summed E-state index contributed by atoms with van der Waals surface area (Å²) in [6.07, 6.45) is -1.12. The number of rotatable bonds is 4. The smallest absolute Gasteiger partial charge is 0.373 e. The zero-order valence-electron chi connectivity index (χ0n) is 21.4. The van der Waals surface area contributed by atoms with Crippen LogP contribution in [0.3, 0.4) is 0 Å². The lowest BCUT2D eigenvalue weighted by atomic mass is 9.34. The molecule has 7 rings (SSSR count). The Labute approximate surface area is 212 Å². The second kappa shape index (κ2) is 8.06. The van der Waals surface area contributed by atoms with Crippen LogP contribution in [0.15, 0.2) is 23.1 Å². The largest absolute Gasteiger partial charge is 0.394 e. The summed E-state index contributed by atoms with van der Waals surface area (Å²) in [6.45, 7) is 8.11. The second-order valence-electron chi connectivity index (χ2n) is 11.5. The van der Waals surface area contributed by atoms with E-state index in [0.717, 1.165) is 17.0 Å². The van der Waals surface area contributed by atoms with Gasteiger partial charge in [0.05, 0.1) is 28.6 Å². The Morgan fingerprint density at radius 2 is 1.76 bits per heavy atom. The van der Waals surface area contributed by atoms with E-state index >= 15 is 0 Å². The van der Waals surface area contributed by atoms with Crippen LogP contribution < -0.4 is 5.56 Å². The van der Waals surface area contributed by atoms with Gasteiger partial charge in [-0.05, 0) is 71.4 Å². The molecule has 37 heavy (non-hydrogen) atoms. The van der Waals surface area contributed by atoms with Gasteiger partial charge in [0, 0.05) is 36.2 Å². The molecule has 1 aliphatic heterocycles. The molecule has 3 aliphatic carbocycles. The number of fused-ring (bicyclic) bond motifs is 1. The molecule has 0 amide bonds. The summed E-state index contributed by atoms with van der Waals surface area (Å²) in [5, 5.41) is 0. The molecular weight excluding hydrogens is 483 g/mol. The highest BCUT2D eigenvalue weighted by Gasteiger charge is 2.79. The zero-order chi connectivity index (χ0) is 26.3.